The molecule has 122 valence electrons. The lowest BCUT2D eigenvalue weighted by Crippen LogP contribution is -2.38. The van der Waals surface area contributed by atoms with Crippen molar-refractivity contribution in [3.05, 3.63) is 0 Å². The van der Waals surface area contributed by atoms with Crippen LogP contribution in [0.1, 0.15) is 39.0 Å². The first-order valence-corrected chi connectivity index (χ1v) is 10.3. The highest BCUT2D eigenvalue weighted by molar-refractivity contribution is 8.82. The molecule has 1 saturated heterocycles. The Morgan fingerprint density at radius 3 is 2.43 bits per heavy atom. The minimum Gasteiger partial charge on any atom is -0.357 e. The summed E-state index contributed by atoms with van der Waals surface area (Å²) in [6.45, 7) is 6.17. The number of amidine groups is 1. The van der Waals surface area contributed by atoms with Crippen LogP contribution in [-0.4, -0.2) is 72.2 Å². The quantitative estimate of drug-likeness (QED) is 0.720. The minimum absolute atomic E-state index is 0.270. The molecule has 0 N–H and O–H groups in total. The highest BCUT2D eigenvalue weighted by atomic mass is 33.1. The van der Waals surface area contributed by atoms with Gasteiger partial charge in [0.05, 0.1) is 0 Å². The van der Waals surface area contributed by atoms with Crippen LogP contribution in [0.15, 0.2) is 4.99 Å². The molecule has 2 atom stereocenters. The fourth-order valence-corrected chi connectivity index (χ4v) is 5.37. The standard InChI is InChI=1S/C15H30N4S2/c1-13(9-12-19-10-7-5-6-8-11-19)18(4)15-16-14(17(2)3)20-21-15/h13,15H,5-12H2,1-4H3. The molecule has 1 fully saturated rings. The van der Waals surface area contributed by atoms with Gasteiger partial charge in [0.2, 0.25) is 0 Å². The molecule has 21 heavy (non-hydrogen) atoms. The number of rotatable bonds is 5. The van der Waals surface area contributed by atoms with Crippen molar-refractivity contribution in [2.24, 2.45) is 4.99 Å². The Kier molecular flexibility index (Phi) is 7.19. The summed E-state index contributed by atoms with van der Waals surface area (Å²) >= 11 is 0. The van der Waals surface area contributed by atoms with Gasteiger partial charge in [-0.05, 0) is 74.5 Å². The average molecular weight is 331 g/mol. The second-order valence-corrected chi connectivity index (χ2v) is 8.59. The van der Waals surface area contributed by atoms with Gasteiger partial charge >= 0.3 is 0 Å². The minimum atomic E-state index is 0.270. The Labute approximate surface area is 138 Å². The smallest absolute Gasteiger partial charge is 0.172 e. The summed E-state index contributed by atoms with van der Waals surface area (Å²) in [4.78, 5) is 12.0. The van der Waals surface area contributed by atoms with E-state index in [2.05, 4.69) is 42.8 Å². The third-order valence-electron chi connectivity index (χ3n) is 4.42. The number of hydrogen-bond donors (Lipinski definition) is 0. The first kappa shape index (κ1) is 17.4. The van der Waals surface area contributed by atoms with Gasteiger partial charge in [0.25, 0.3) is 0 Å². The van der Waals surface area contributed by atoms with E-state index in [1.807, 2.05) is 10.8 Å². The first-order chi connectivity index (χ1) is 10.1. The van der Waals surface area contributed by atoms with Crippen molar-refractivity contribution in [2.75, 3.05) is 40.8 Å². The van der Waals surface area contributed by atoms with Gasteiger partial charge in [-0.2, -0.15) is 0 Å². The molecule has 0 bridgehead atoms. The molecule has 2 unspecified atom stereocenters. The monoisotopic (exact) mass is 330 g/mol. The molecule has 2 aliphatic heterocycles. The predicted molar refractivity (Wildman–Crippen MR) is 96.8 cm³/mol. The predicted octanol–water partition coefficient (Wildman–Crippen LogP) is 3.17. The van der Waals surface area contributed by atoms with Crippen molar-refractivity contribution in [1.82, 2.24) is 14.7 Å². The van der Waals surface area contributed by atoms with Crippen molar-refractivity contribution < 1.29 is 0 Å². The largest absolute Gasteiger partial charge is 0.357 e. The number of hydrogen-bond acceptors (Lipinski definition) is 6. The molecule has 4 nitrogen and oxygen atoms in total. The molecule has 0 spiro atoms. The SMILES string of the molecule is CC(CCN1CCCCCC1)N(C)C1N=C(N(C)C)SS1. The molecule has 0 aromatic rings. The maximum absolute atomic E-state index is 4.80. The van der Waals surface area contributed by atoms with Crippen molar-refractivity contribution in [3.8, 4) is 0 Å². The lowest BCUT2D eigenvalue weighted by molar-refractivity contribution is 0.198. The van der Waals surface area contributed by atoms with E-state index >= 15 is 0 Å². The van der Waals surface area contributed by atoms with Gasteiger partial charge in [0.15, 0.2) is 10.7 Å². The van der Waals surface area contributed by atoms with Crippen LogP contribution >= 0.6 is 21.6 Å². The molecule has 6 heteroatoms. The maximum atomic E-state index is 4.80. The van der Waals surface area contributed by atoms with Crippen molar-refractivity contribution in [1.29, 1.82) is 0 Å². The van der Waals surface area contributed by atoms with Crippen molar-refractivity contribution >= 4 is 26.8 Å². The Balaban J connectivity index is 1.76. The summed E-state index contributed by atoms with van der Waals surface area (Å²) in [7, 11) is 10.0. The van der Waals surface area contributed by atoms with E-state index in [0.29, 0.717) is 6.04 Å². The Morgan fingerprint density at radius 1 is 1.19 bits per heavy atom. The van der Waals surface area contributed by atoms with E-state index in [0.717, 1.165) is 5.17 Å². The normalized spacial score (nSPS) is 25.8. The lowest BCUT2D eigenvalue weighted by Gasteiger charge is -2.29. The molecule has 0 aliphatic carbocycles. The Morgan fingerprint density at radius 2 is 1.86 bits per heavy atom. The Bertz CT molecular complexity index is 341. The maximum Gasteiger partial charge on any atom is 0.172 e. The summed E-state index contributed by atoms with van der Waals surface area (Å²) in [5.74, 6) is 0. The average Bonchev–Trinajstić information content (AvgIpc) is 2.82. The summed E-state index contributed by atoms with van der Waals surface area (Å²) < 4.78 is 0. The number of nitrogens with zero attached hydrogens (tertiary/aromatic N) is 4. The zero-order valence-electron chi connectivity index (χ0n) is 13.9. The van der Waals surface area contributed by atoms with Crippen LogP contribution in [0.25, 0.3) is 0 Å². The second-order valence-electron chi connectivity index (χ2n) is 6.37. The van der Waals surface area contributed by atoms with Gasteiger partial charge in [-0.15, -0.1) is 0 Å². The zero-order chi connectivity index (χ0) is 15.2. The molecule has 0 amide bonds. The van der Waals surface area contributed by atoms with Crippen molar-refractivity contribution in [2.45, 2.75) is 50.6 Å². The first-order valence-electron chi connectivity index (χ1n) is 8.10. The third-order valence-corrected chi connectivity index (χ3v) is 7.00. The van der Waals surface area contributed by atoms with Crippen LogP contribution in [0, 0.1) is 0 Å². The molecular weight excluding hydrogens is 300 g/mol. The van der Waals surface area contributed by atoms with Gasteiger partial charge in [0, 0.05) is 20.1 Å². The van der Waals surface area contributed by atoms with Crippen LogP contribution < -0.4 is 0 Å². The van der Waals surface area contributed by atoms with Crippen LogP contribution in [0.2, 0.25) is 0 Å². The van der Waals surface area contributed by atoms with E-state index < -0.39 is 0 Å². The molecule has 2 aliphatic rings. The summed E-state index contributed by atoms with van der Waals surface area (Å²) in [6.07, 6.45) is 6.85. The van der Waals surface area contributed by atoms with E-state index in [9.17, 15) is 0 Å². The molecule has 0 aromatic heterocycles. The molecule has 0 saturated carbocycles. The molecular formula is C15H30N4S2. The van der Waals surface area contributed by atoms with Gasteiger partial charge < -0.3 is 9.80 Å². The number of likely N-dealkylation sites (tertiary alicyclic amines) is 1. The van der Waals surface area contributed by atoms with Gasteiger partial charge in [-0.25, -0.2) is 4.99 Å². The molecule has 2 heterocycles. The van der Waals surface area contributed by atoms with Crippen LogP contribution in [-0.2, 0) is 0 Å². The third kappa shape index (κ3) is 5.34. The highest BCUT2D eigenvalue weighted by Crippen LogP contribution is 2.38. The lowest BCUT2D eigenvalue weighted by atomic mass is 10.2. The van der Waals surface area contributed by atoms with Crippen LogP contribution in [0.4, 0.5) is 0 Å². The van der Waals surface area contributed by atoms with Gasteiger partial charge in [-0.3, -0.25) is 4.90 Å². The summed E-state index contributed by atoms with van der Waals surface area (Å²) in [5.41, 5.74) is 0.270. The zero-order valence-corrected chi connectivity index (χ0v) is 15.5. The van der Waals surface area contributed by atoms with E-state index in [-0.39, 0.29) is 5.50 Å². The highest BCUT2D eigenvalue weighted by Gasteiger charge is 2.27. The van der Waals surface area contributed by atoms with E-state index in [1.54, 1.807) is 10.8 Å². The summed E-state index contributed by atoms with van der Waals surface area (Å²) in [5, 5.41) is 1.14. The van der Waals surface area contributed by atoms with E-state index in [4.69, 9.17) is 4.99 Å². The topological polar surface area (TPSA) is 22.1 Å². The van der Waals surface area contributed by atoms with E-state index in [1.165, 1.54) is 51.7 Å². The van der Waals surface area contributed by atoms with Crippen LogP contribution in [0.3, 0.4) is 0 Å². The fourth-order valence-electron chi connectivity index (χ4n) is 2.72. The van der Waals surface area contributed by atoms with Gasteiger partial charge in [-0.1, -0.05) is 12.8 Å². The number of aliphatic imine (C=N–C) groups is 1. The summed E-state index contributed by atoms with van der Waals surface area (Å²) in [6, 6.07) is 0.580. The van der Waals surface area contributed by atoms with Gasteiger partial charge in [0.1, 0.15) is 0 Å². The second kappa shape index (κ2) is 8.65. The fraction of sp³-hybridized carbons (Fsp3) is 0.933. The molecule has 0 radical (unpaired) electrons. The van der Waals surface area contributed by atoms with Crippen molar-refractivity contribution in [3.63, 3.8) is 0 Å². The molecule has 2 rings (SSSR count). The molecule has 0 aromatic carbocycles. The Hall–Kier alpha value is 0.0900. The van der Waals surface area contributed by atoms with Crippen LogP contribution in [0.5, 0.6) is 0 Å².